The minimum atomic E-state index is -4.64. The summed E-state index contributed by atoms with van der Waals surface area (Å²) in [6.45, 7) is 9.23. The largest absolute Gasteiger partial charge is 0.447 e. The summed E-state index contributed by atoms with van der Waals surface area (Å²) in [4.78, 5) is 22.2. The lowest BCUT2D eigenvalue weighted by molar-refractivity contribution is -0.137. The number of ether oxygens (including phenoxy) is 2. The van der Waals surface area contributed by atoms with Crippen LogP contribution < -0.4 is 10.2 Å². The zero-order valence-corrected chi connectivity index (χ0v) is 18.9. The molecule has 11 heteroatoms. The summed E-state index contributed by atoms with van der Waals surface area (Å²) in [5.74, 6) is -0.677. The molecule has 180 valence electrons. The summed E-state index contributed by atoms with van der Waals surface area (Å²) >= 11 is 0. The van der Waals surface area contributed by atoms with E-state index in [2.05, 4.69) is 15.3 Å². The van der Waals surface area contributed by atoms with E-state index in [0.717, 1.165) is 12.1 Å². The van der Waals surface area contributed by atoms with Gasteiger partial charge in [-0.3, -0.25) is 4.90 Å². The zero-order valence-electron chi connectivity index (χ0n) is 18.9. The first-order chi connectivity index (χ1) is 15.3. The van der Waals surface area contributed by atoms with Crippen LogP contribution in [-0.2, 0) is 15.7 Å². The van der Waals surface area contributed by atoms with E-state index in [1.165, 1.54) is 17.2 Å². The van der Waals surface area contributed by atoms with Gasteiger partial charge < -0.3 is 14.8 Å². The topological polar surface area (TPSA) is 76.6 Å². The average molecular weight is 470 g/mol. The van der Waals surface area contributed by atoms with Crippen molar-refractivity contribution in [2.75, 3.05) is 16.8 Å². The number of carbonyl (C=O) groups excluding carboxylic acids is 1. The lowest BCUT2D eigenvalue weighted by Gasteiger charge is -2.31. The van der Waals surface area contributed by atoms with Crippen molar-refractivity contribution in [3.05, 3.63) is 47.4 Å². The van der Waals surface area contributed by atoms with Gasteiger partial charge in [-0.25, -0.2) is 14.2 Å². The SMILES string of the molecule is C[C@H](Nc1nccc(N2C(=O)OC[C@@H]2[C@@H](C)OC(C)(C)C)n1)c1ccc(C(F)(F)F)cc1F. The molecule has 1 amide bonds. The minimum absolute atomic E-state index is 0.0164. The smallest absolute Gasteiger partial charge is 0.416 e. The maximum atomic E-state index is 14.3. The molecule has 0 bridgehead atoms. The van der Waals surface area contributed by atoms with Gasteiger partial charge in [-0.15, -0.1) is 0 Å². The van der Waals surface area contributed by atoms with Crippen molar-refractivity contribution in [3.8, 4) is 0 Å². The third-order valence-electron chi connectivity index (χ3n) is 5.01. The number of nitrogens with one attached hydrogen (secondary N) is 1. The van der Waals surface area contributed by atoms with Crippen LogP contribution in [0.2, 0.25) is 0 Å². The second-order valence-corrected chi connectivity index (χ2v) is 8.79. The molecule has 33 heavy (non-hydrogen) atoms. The van der Waals surface area contributed by atoms with E-state index in [4.69, 9.17) is 9.47 Å². The van der Waals surface area contributed by atoms with Gasteiger partial charge in [0.15, 0.2) is 0 Å². The van der Waals surface area contributed by atoms with E-state index >= 15 is 0 Å². The molecule has 0 unspecified atom stereocenters. The van der Waals surface area contributed by atoms with Crippen molar-refractivity contribution in [2.45, 2.75) is 64.6 Å². The highest BCUT2D eigenvalue weighted by Gasteiger charge is 2.40. The van der Waals surface area contributed by atoms with Crippen LogP contribution in [0, 0.1) is 5.82 Å². The maximum Gasteiger partial charge on any atom is 0.416 e. The second-order valence-electron chi connectivity index (χ2n) is 8.79. The Morgan fingerprint density at radius 1 is 1.21 bits per heavy atom. The average Bonchev–Trinajstić information content (AvgIpc) is 3.07. The molecule has 1 aliphatic heterocycles. The number of carbonyl (C=O) groups is 1. The molecule has 2 aromatic rings. The number of benzene rings is 1. The van der Waals surface area contributed by atoms with Crippen LogP contribution >= 0.6 is 0 Å². The van der Waals surface area contributed by atoms with Crippen molar-refractivity contribution < 1.29 is 31.8 Å². The van der Waals surface area contributed by atoms with E-state index < -0.39 is 41.3 Å². The molecule has 1 aromatic carbocycles. The number of aromatic nitrogens is 2. The van der Waals surface area contributed by atoms with Gasteiger partial charge in [0.25, 0.3) is 0 Å². The first kappa shape index (κ1) is 24.7. The van der Waals surface area contributed by atoms with Crippen molar-refractivity contribution in [3.63, 3.8) is 0 Å². The Morgan fingerprint density at radius 3 is 2.52 bits per heavy atom. The molecule has 2 heterocycles. The van der Waals surface area contributed by atoms with E-state index in [0.29, 0.717) is 6.07 Å². The quantitative estimate of drug-likeness (QED) is 0.575. The molecule has 3 rings (SSSR count). The van der Waals surface area contributed by atoms with Crippen molar-refractivity contribution >= 4 is 17.9 Å². The fourth-order valence-electron chi connectivity index (χ4n) is 3.56. The summed E-state index contributed by atoms with van der Waals surface area (Å²) < 4.78 is 63.9. The molecular formula is C22H26F4N4O3. The molecule has 0 aliphatic carbocycles. The van der Waals surface area contributed by atoms with E-state index in [-0.39, 0.29) is 30.0 Å². The number of alkyl halides is 3. The molecule has 1 fully saturated rings. The summed E-state index contributed by atoms with van der Waals surface area (Å²) in [6, 6.07) is 2.69. The van der Waals surface area contributed by atoms with Gasteiger partial charge in [-0.2, -0.15) is 18.2 Å². The number of amides is 1. The number of hydrogen-bond acceptors (Lipinski definition) is 6. The van der Waals surface area contributed by atoms with Gasteiger partial charge in [0, 0.05) is 11.8 Å². The third-order valence-corrected chi connectivity index (χ3v) is 5.01. The molecule has 1 N–H and O–H groups in total. The van der Waals surface area contributed by atoms with Crippen LogP contribution in [0.5, 0.6) is 0 Å². The highest BCUT2D eigenvalue weighted by molar-refractivity contribution is 5.89. The number of nitrogens with zero attached hydrogens (tertiary/aromatic N) is 3. The third kappa shape index (κ3) is 5.89. The first-order valence-corrected chi connectivity index (χ1v) is 10.4. The summed E-state index contributed by atoms with van der Waals surface area (Å²) in [5.41, 5.74) is -1.49. The Hall–Kier alpha value is -2.95. The van der Waals surface area contributed by atoms with E-state index in [9.17, 15) is 22.4 Å². The number of halogens is 4. The number of cyclic esters (lactones) is 1. The van der Waals surface area contributed by atoms with Crippen LogP contribution in [0.25, 0.3) is 0 Å². The molecule has 1 aromatic heterocycles. The monoisotopic (exact) mass is 470 g/mol. The molecule has 3 atom stereocenters. The van der Waals surface area contributed by atoms with Gasteiger partial charge >= 0.3 is 12.3 Å². The van der Waals surface area contributed by atoms with E-state index in [1.807, 2.05) is 27.7 Å². The Morgan fingerprint density at radius 2 is 1.91 bits per heavy atom. The lowest BCUT2D eigenvalue weighted by atomic mass is 10.0. The molecule has 0 spiro atoms. The number of hydrogen-bond donors (Lipinski definition) is 1. The van der Waals surface area contributed by atoms with Crippen molar-refractivity contribution in [1.29, 1.82) is 0 Å². The summed E-state index contributed by atoms with van der Waals surface area (Å²) in [6.07, 6.45) is -4.17. The first-order valence-electron chi connectivity index (χ1n) is 10.4. The minimum Gasteiger partial charge on any atom is -0.447 e. The van der Waals surface area contributed by atoms with E-state index in [1.54, 1.807) is 6.92 Å². The molecule has 0 radical (unpaired) electrons. The fourth-order valence-corrected chi connectivity index (χ4v) is 3.56. The second kappa shape index (κ2) is 9.12. The van der Waals surface area contributed by atoms with Gasteiger partial charge in [0.1, 0.15) is 24.3 Å². The Bertz CT molecular complexity index is 1010. The van der Waals surface area contributed by atoms with Crippen LogP contribution in [0.15, 0.2) is 30.5 Å². The maximum absolute atomic E-state index is 14.3. The molecule has 7 nitrogen and oxygen atoms in total. The van der Waals surface area contributed by atoms with Crippen LogP contribution in [0.3, 0.4) is 0 Å². The zero-order chi connectivity index (χ0) is 24.6. The highest BCUT2D eigenvalue weighted by atomic mass is 19.4. The van der Waals surface area contributed by atoms with Crippen LogP contribution in [0.1, 0.15) is 51.8 Å². The Labute approximate surface area is 189 Å². The molecule has 1 saturated heterocycles. The Kier molecular flexibility index (Phi) is 6.83. The summed E-state index contributed by atoms with van der Waals surface area (Å²) in [7, 11) is 0. The van der Waals surface area contributed by atoms with Gasteiger partial charge in [-0.05, 0) is 52.8 Å². The number of anilines is 2. The van der Waals surface area contributed by atoms with Crippen LogP contribution in [0.4, 0.5) is 34.1 Å². The number of rotatable bonds is 6. The Balaban J connectivity index is 1.80. The van der Waals surface area contributed by atoms with Crippen molar-refractivity contribution in [2.24, 2.45) is 0 Å². The van der Waals surface area contributed by atoms with Gasteiger partial charge in [-0.1, -0.05) is 6.07 Å². The van der Waals surface area contributed by atoms with Crippen LogP contribution in [-0.4, -0.2) is 40.4 Å². The lowest BCUT2D eigenvalue weighted by Crippen LogP contribution is -2.45. The van der Waals surface area contributed by atoms with Gasteiger partial charge in [0.2, 0.25) is 5.95 Å². The molecular weight excluding hydrogens is 444 g/mol. The standard InChI is InChI=1S/C22H26F4N4O3/c1-12(15-7-6-14(10-16(15)23)22(24,25)26)28-19-27-9-8-18(29-19)30-17(11-32-20(30)31)13(2)33-21(3,4)5/h6-10,12-13,17H,11H2,1-5H3,(H,27,28,29)/t12-,13+,17+/m0/s1. The van der Waals surface area contributed by atoms with Crippen molar-refractivity contribution in [1.82, 2.24) is 9.97 Å². The fraction of sp³-hybridized carbons (Fsp3) is 0.500. The molecule has 1 aliphatic rings. The highest BCUT2D eigenvalue weighted by Crippen LogP contribution is 2.32. The predicted octanol–water partition coefficient (Wildman–Crippen LogP) is 5.34. The summed E-state index contributed by atoms with van der Waals surface area (Å²) in [5, 5.41) is 2.86. The molecule has 0 saturated carbocycles. The van der Waals surface area contributed by atoms with Gasteiger partial charge in [0.05, 0.1) is 23.3 Å². The predicted molar refractivity (Wildman–Crippen MR) is 113 cm³/mol. The normalized spacial score (nSPS) is 18.8.